The molecule has 2 aliphatic carbocycles. The molecule has 2 N–H and O–H groups in total. The third-order valence-corrected chi connectivity index (χ3v) is 13.3. The van der Waals surface area contributed by atoms with E-state index in [9.17, 15) is 32.3 Å². The number of methoxy groups -OCH3 is 1. The van der Waals surface area contributed by atoms with Gasteiger partial charge in [-0.15, -0.1) is 11.8 Å². The van der Waals surface area contributed by atoms with Crippen molar-refractivity contribution >= 4 is 68.1 Å². The minimum Gasteiger partial charge on any atom is -0.493 e. The van der Waals surface area contributed by atoms with Crippen LogP contribution < -0.4 is 24.6 Å². The first-order valence-corrected chi connectivity index (χ1v) is 18.2. The number of thiazole rings is 1. The van der Waals surface area contributed by atoms with Crippen LogP contribution in [0.4, 0.5) is 24.5 Å². The number of hydrogen-bond acceptors (Lipinski definition) is 8. The standard InChI is InChI=1S/C35H27BrF3N3O6S2/c1-47-23-12-15(6-11-22(23)48-14-24(43)40-21-5-3-2-4-20(21)35(37,38)39)25-26-18-13-19(29(26)49-31-30(25)50-34(46)41-31)28-27(18)32(44)42(33(28)45)17-9-7-16(36)8-10-17/h2-12,18-19,25-29H,13-14H2,1H3,(H,40,43)(H,41,46)/t18-,19-,25+,26-,27+,28+,29-/m1/s1. The molecule has 50 heavy (non-hydrogen) atoms. The lowest BCUT2D eigenvalue weighted by Crippen LogP contribution is -2.42. The van der Waals surface area contributed by atoms with Gasteiger partial charge in [-0.05, 0) is 78.3 Å². The number of carbonyl (C=O) groups is 3. The van der Waals surface area contributed by atoms with Crippen LogP contribution in [0.25, 0.3) is 0 Å². The fourth-order valence-corrected chi connectivity index (χ4v) is 11.6. The number of carbonyl (C=O) groups excluding carboxylic acids is 3. The van der Waals surface area contributed by atoms with E-state index >= 15 is 0 Å². The maximum Gasteiger partial charge on any atom is 0.418 e. The van der Waals surface area contributed by atoms with E-state index in [1.54, 1.807) is 48.2 Å². The largest absolute Gasteiger partial charge is 0.493 e. The lowest BCUT2D eigenvalue weighted by atomic mass is 9.68. The summed E-state index contributed by atoms with van der Waals surface area (Å²) in [4.78, 5) is 58.2. The van der Waals surface area contributed by atoms with Crippen molar-refractivity contribution in [1.29, 1.82) is 0 Å². The van der Waals surface area contributed by atoms with Gasteiger partial charge in [-0.3, -0.25) is 24.1 Å². The number of nitrogens with one attached hydrogen (secondary N) is 2. The van der Waals surface area contributed by atoms with Crippen molar-refractivity contribution in [3.63, 3.8) is 0 Å². The predicted octanol–water partition coefficient (Wildman–Crippen LogP) is 6.92. The van der Waals surface area contributed by atoms with E-state index in [1.165, 1.54) is 30.2 Å². The Bertz CT molecular complexity index is 2100. The Kier molecular flexibility index (Phi) is 8.14. The summed E-state index contributed by atoms with van der Waals surface area (Å²) in [5, 5.41) is 3.01. The zero-order valence-electron chi connectivity index (χ0n) is 26.0. The third-order valence-electron chi connectivity index (χ3n) is 10.2. The molecule has 0 radical (unpaired) electrons. The first kappa shape index (κ1) is 33.1. The molecule has 3 fully saturated rings. The van der Waals surface area contributed by atoms with Crippen molar-refractivity contribution in [2.75, 3.05) is 23.9 Å². The number of para-hydroxylation sites is 1. The molecule has 2 bridgehead atoms. The fourth-order valence-electron chi connectivity index (χ4n) is 8.40. The summed E-state index contributed by atoms with van der Waals surface area (Å²) in [7, 11) is 1.44. The van der Waals surface area contributed by atoms with Crippen molar-refractivity contribution in [2.24, 2.45) is 29.6 Å². The highest BCUT2D eigenvalue weighted by Gasteiger charge is 2.69. The molecule has 1 saturated heterocycles. The molecule has 0 spiro atoms. The summed E-state index contributed by atoms with van der Waals surface area (Å²) in [6.07, 6.45) is -3.92. The highest BCUT2D eigenvalue weighted by Crippen LogP contribution is 2.69. The Morgan fingerprint density at radius 3 is 2.44 bits per heavy atom. The number of thioether (sulfide) groups is 1. The van der Waals surface area contributed by atoms with Gasteiger partial charge in [-0.25, -0.2) is 0 Å². The number of aromatic amines is 1. The number of anilines is 2. The number of imide groups is 1. The molecule has 9 nitrogen and oxygen atoms in total. The van der Waals surface area contributed by atoms with Crippen LogP contribution in [0.1, 0.15) is 28.3 Å². The molecular weight excluding hydrogens is 759 g/mol. The van der Waals surface area contributed by atoms with Gasteiger partial charge >= 0.3 is 11.0 Å². The van der Waals surface area contributed by atoms with Crippen molar-refractivity contribution in [3.8, 4) is 11.5 Å². The molecule has 0 unspecified atom stereocenters. The van der Waals surface area contributed by atoms with Crippen molar-refractivity contribution in [2.45, 2.75) is 28.8 Å². The van der Waals surface area contributed by atoms with Crippen LogP contribution in [0.15, 0.2) is 81.0 Å². The second-order valence-corrected chi connectivity index (χ2v) is 15.9. The molecule has 3 amide bonds. The molecule has 15 heteroatoms. The number of ether oxygens (including phenoxy) is 2. The minimum absolute atomic E-state index is 0.0178. The molecule has 258 valence electrons. The lowest BCUT2D eigenvalue weighted by Gasteiger charge is -2.43. The zero-order valence-corrected chi connectivity index (χ0v) is 29.3. The number of fused-ring (bicyclic) bond motifs is 9. The van der Waals surface area contributed by atoms with Crippen molar-refractivity contribution in [1.82, 2.24) is 4.98 Å². The van der Waals surface area contributed by atoms with Crippen LogP contribution in [0, 0.1) is 29.6 Å². The van der Waals surface area contributed by atoms with Crippen molar-refractivity contribution in [3.05, 3.63) is 96.9 Å². The Labute approximate surface area is 299 Å². The predicted molar refractivity (Wildman–Crippen MR) is 184 cm³/mol. The average Bonchev–Trinajstić information content (AvgIpc) is 3.82. The van der Waals surface area contributed by atoms with Gasteiger partial charge in [0.05, 0.1) is 40.9 Å². The van der Waals surface area contributed by atoms with E-state index in [-0.39, 0.29) is 57.0 Å². The van der Waals surface area contributed by atoms with Crippen LogP contribution in [0.3, 0.4) is 0 Å². The second kappa shape index (κ2) is 12.3. The number of aromatic nitrogens is 1. The molecule has 3 aromatic carbocycles. The van der Waals surface area contributed by atoms with E-state index in [1.807, 2.05) is 6.07 Å². The zero-order chi connectivity index (χ0) is 35.1. The summed E-state index contributed by atoms with van der Waals surface area (Å²) in [5.41, 5.74) is 0.0149. The van der Waals surface area contributed by atoms with Gasteiger partial charge in [0.25, 0.3) is 5.91 Å². The number of amides is 3. The Morgan fingerprint density at radius 2 is 1.72 bits per heavy atom. The average molecular weight is 787 g/mol. The summed E-state index contributed by atoms with van der Waals surface area (Å²) >= 11 is 6.12. The highest BCUT2D eigenvalue weighted by atomic mass is 79.9. The van der Waals surface area contributed by atoms with Gasteiger partial charge in [0, 0.05) is 20.5 Å². The highest BCUT2D eigenvalue weighted by molar-refractivity contribution is 9.10. The van der Waals surface area contributed by atoms with Gasteiger partial charge in [-0.2, -0.15) is 13.2 Å². The van der Waals surface area contributed by atoms with Crippen LogP contribution in [-0.4, -0.2) is 41.7 Å². The molecule has 2 aliphatic heterocycles. The van der Waals surface area contributed by atoms with Gasteiger partial charge < -0.3 is 19.8 Å². The molecule has 2 saturated carbocycles. The molecule has 3 heterocycles. The first-order valence-electron chi connectivity index (χ1n) is 15.7. The number of alkyl halides is 3. The number of rotatable bonds is 7. The number of nitrogens with zero attached hydrogens (tertiary/aromatic N) is 1. The normalized spacial score (nSPS) is 26.4. The SMILES string of the molecule is COc1cc([C@@H]2c3sc(=O)[nH]c3S[C@@H]3[C@@H]4C[C@@H]([C@@H]5C(=O)N(c6ccc(Br)cc6)C(=O)[C@@H]45)[C@H]23)ccc1OCC(=O)Nc1ccccc1C(F)(F)F. The number of benzene rings is 3. The summed E-state index contributed by atoms with van der Waals surface area (Å²) in [6, 6.07) is 17.0. The number of halogens is 4. The van der Waals surface area contributed by atoms with Crippen LogP contribution in [-0.2, 0) is 20.6 Å². The molecule has 7 atom stereocenters. The van der Waals surface area contributed by atoms with Gasteiger partial charge in [0.15, 0.2) is 18.1 Å². The van der Waals surface area contributed by atoms with E-state index in [4.69, 9.17) is 9.47 Å². The topological polar surface area (TPSA) is 118 Å². The maximum absolute atomic E-state index is 14.0. The van der Waals surface area contributed by atoms with Gasteiger partial charge in [0.1, 0.15) is 0 Å². The summed E-state index contributed by atoms with van der Waals surface area (Å²) < 4.78 is 52.4. The van der Waals surface area contributed by atoms with Crippen LogP contribution in [0.5, 0.6) is 11.5 Å². The smallest absolute Gasteiger partial charge is 0.418 e. The third kappa shape index (κ3) is 5.35. The molecular formula is C35H27BrF3N3O6S2. The Morgan fingerprint density at radius 1 is 1.00 bits per heavy atom. The van der Waals surface area contributed by atoms with Gasteiger partial charge in [-0.1, -0.05) is 45.5 Å². The summed E-state index contributed by atoms with van der Waals surface area (Å²) in [6.45, 7) is -0.575. The maximum atomic E-state index is 14.0. The number of H-pyrrole nitrogens is 1. The molecule has 1 aromatic heterocycles. The van der Waals surface area contributed by atoms with Crippen LogP contribution >= 0.6 is 39.0 Å². The molecule has 4 aliphatic rings. The van der Waals surface area contributed by atoms with Gasteiger partial charge in [0.2, 0.25) is 11.8 Å². The quantitative estimate of drug-likeness (QED) is 0.196. The van der Waals surface area contributed by atoms with Crippen molar-refractivity contribution < 1.29 is 37.0 Å². The molecule has 8 rings (SSSR count). The first-order chi connectivity index (χ1) is 23.9. The minimum atomic E-state index is -4.65. The van der Waals surface area contributed by atoms with E-state index in [2.05, 4.69) is 26.2 Å². The van der Waals surface area contributed by atoms with E-state index < -0.39 is 36.1 Å². The van der Waals surface area contributed by atoms with E-state index in [0.29, 0.717) is 11.4 Å². The lowest BCUT2D eigenvalue weighted by molar-refractivity contribution is -0.137. The second-order valence-electron chi connectivity index (χ2n) is 12.7. The molecule has 4 aromatic rings. The van der Waals surface area contributed by atoms with E-state index in [0.717, 1.165) is 43.8 Å². The van der Waals surface area contributed by atoms with Crippen LogP contribution in [0.2, 0.25) is 0 Å². The summed E-state index contributed by atoms with van der Waals surface area (Å²) in [5.74, 6) is -2.05. The number of hydrogen-bond donors (Lipinski definition) is 2. The Balaban J connectivity index is 1.07. The Hall–Kier alpha value is -4.08. The fraction of sp³-hybridized carbons (Fsp3) is 0.314. The monoisotopic (exact) mass is 785 g/mol.